The fourth-order valence-electron chi connectivity index (χ4n) is 2.32. The highest BCUT2D eigenvalue weighted by molar-refractivity contribution is 5.38. The third-order valence-corrected chi connectivity index (χ3v) is 3.82. The fourth-order valence-corrected chi connectivity index (χ4v) is 2.32. The largest absolute Gasteiger partial charge is 0.488 e. The Morgan fingerprint density at radius 1 is 1.00 bits per heavy atom. The maximum absolute atomic E-state index is 6.36. The van der Waals surface area contributed by atoms with Gasteiger partial charge in [0, 0.05) is 0 Å². The van der Waals surface area contributed by atoms with E-state index < -0.39 is 0 Å². The van der Waals surface area contributed by atoms with Crippen LogP contribution in [0.1, 0.15) is 36.1 Å². The Bertz CT molecular complexity index is 551. The molecule has 0 fully saturated rings. The van der Waals surface area contributed by atoms with E-state index in [0.717, 1.165) is 17.7 Å². The first-order valence-electron chi connectivity index (χ1n) is 7.17. The molecule has 106 valence electrons. The van der Waals surface area contributed by atoms with Crippen LogP contribution in [-0.2, 0) is 0 Å². The summed E-state index contributed by atoms with van der Waals surface area (Å²) in [5.74, 6) is 0.934. The Kier molecular flexibility index (Phi) is 4.80. The second-order valence-corrected chi connectivity index (χ2v) is 5.20. The van der Waals surface area contributed by atoms with Crippen LogP contribution in [0.25, 0.3) is 0 Å². The van der Waals surface area contributed by atoms with E-state index in [1.165, 1.54) is 11.1 Å². The molecule has 20 heavy (non-hydrogen) atoms. The molecule has 0 radical (unpaired) electrons. The zero-order chi connectivity index (χ0) is 14.5. The number of hydrogen-bond donors (Lipinski definition) is 1. The van der Waals surface area contributed by atoms with Gasteiger partial charge >= 0.3 is 0 Å². The molecule has 0 spiro atoms. The first-order chi connectivity index (χ1) is 9.63. The zero-order valence-corrected chi connectivity index (χ0v) is 12.5. The minimum atomic E-state index is -0.110. The van der Waals surface area contributed by atoms with E-state index in [9.17, 15) is 0 Å². The van der Waals surface area contributed by atoms with Crippen molar-refractivity contribution in [2.24, 2.45) is 5.73 Å². The molecule has 0 aliphatic heterocycles. The van der Waals surface area contributed by atoms with Gasteiger partial charge in [0.05, 0.1) is 6.04 Å². The van der Waals surface area contributed by atoms with Gasteiger partial charge in [-0.25, -0.2) is 0 Å². The maximum Gasteiger partial charge on any atom is 0.122 e. The Balaban J connectivity index is 2.19. The summed E-state index contributed by atoms with van der Waals surface area (Å²) in [6.45, 7) is 6.30. The first-order valence-corrected chi connectivity index (χ1v) is 7.17. The molecule has 0 amide bonds. The molecule has 0 heterocycles. The monoisotopic (exact) mass is 269 g/mol. The molecule has 0 saturated carbocycles. The number of benzene rings is 2. The van der Waals surface area contributed by atoms with Crippen molar-refractivity contribution in [2.75, 3.05) is 0 Å². The van der Waals surface area contributed by atoms with Crippen LogP contribution in [0.2, 0.25) is 0 Å². The molecular weight excluding hydrogens is 246 g/mol. The van der Waals surface area contributed by atoms with Gasteiger partial charge in [-0.2, -0.15) is 0 Å². The second-order valence-electron chi connectivity index (χ2n) is 5.20. The van der Waals surface area contributed by atoms with Crippen LogP contribution in [0.3, 0.4) is 0 Å². The van der Waals surface area contributed by atoms with E-state index in [2.05, 4.69) is 39.0 Å². The minimum Gasteiger partial charge on any atom is -0.488 e. The van der Waals surface area contributed by atoms with Crippen molar-refractivity contribution >= 4 is 0 Å². The van der Waals surface area contributed by atoms with Crippen molar-refractivity contribution < 1.29 is 4.74 Å². The number of hydrogen-bond acceptors (Lipinski definition) is 2. The number of ether oxygens (including phenoxy) is 1. The van der Waals surface area contributed by atoms with Gasteiger partial charge in [0.1, 0.15) is 11.9 Å². The quantitative estimate of drug-likeness (QED) is 0.884. The molecule has 2 heteroatoms. The van der Waals surface area contributed by atoms with Crippen LogP contribution in [-0.4, -0.2) is 6.10 Å². The lowest BCUT2D eigenvalue weighted by Gasteiger charge is -2.25. The van der Waals surface area contributed by atoms with Gasteiger partial charge in [0.2, 0.25) is 0 Å². The molecule has 0 saturated heterocycles. The summed E-state index contributed by atoms with van der Waals surface area (Å²) in [7, 11) is 0. The van der Waals surface area contributed by atoms with Gasteiger partial charge in [-0.1, -0.05) is 49.4 Å². The van der Waals surface area contributed by atoms with Crippen molar-refractivity contribution in [3.05, 3.63) is 65.2 Å². The van der Waals surface area contributed by atoms with Crippen molar-refractivity contribution in [2.45, 2.75) is 39.3 Å². The molecule has 0 aliphatic rings. The second kappa shape index (κ2) is 6.58. The third-order valence-electron chi connectivity index (χ3n) is 3.82. The molecule has 2 unspecified atom stereocenters. The van der Waals surface area contributed by atoms with E-state index >= 15 is 0 Å². The topological polar surface area (TPSA) is 35.2 Å². The maximum atomic E-state index is 6.36. The Morgan fingerprint density at radius 3 is 2.35 bits per heavy atom. The predicted octanol–water partition coefficient (Wildman–Crippen LogP) is 4.16. The SMILES string of the molecule is CCC(Oc1cccc(C)c1C)C(N)c1ccccc1. The number of aryl methyl sites for hydroxylation is 1. The summed E-state index contributed by atoms with van der Waals surface area (Å²) >= 11 is 0. The molecule has 2 nitrogen and oxygen atoms in total. The third kappa shape index (κ3) is 3.20. The highest BCUT2D eigenvalue weighted by Gasteiger charge is 2.20. The van der Waals surface area contributed by atoms with Crippen molar-refractivity contribution in [1.82, 2.24) is 0 Å². The van der Waals surface area contributed by atoms with Crippen LogP contribution in [0, 0.1) is 13.8 Å². The van der Waals surface area contributed by atoms with Gasteiger partial charge < -0.3 is 10.5 Å². The summed E-state index contributed by atoms with van der Waals surface area (Å²) in [4.78, 5) is 0. The van der Waals surface area contributed by atoms with Gasteiger partial charge in [0.25, 0.3) is 0 Å². The highest BCUT2D eigenvalue weighted by atomic mass is 16.5. The van der Waals surface area contributed by atoms with Gasteiger partial charge in [-0.05, 0) is 43.0 Å². The van der Waals surface area contributed by atoms with Crippen molar-refractivity contribution in [3.63, 3.8) is 0 Å². The van der Waals surface area contributed by atoms with Crippen molar-refractivity contribution in [3.8, 4) is 5.75 Å². The Labute approximate surface area is 121 Å². The predicted molar refractivity (Wildman–Crippen MR) is 84.0 cm³/mol. The van der Waals surface area contributed by atoms with E-state index in [-0.39, 0.29) is 12.1 Å². The summed E-state index contributed by atoms with van der Waals surface area (Å²) in [6.07, 6.45) is 0.863. The first kappa shape index (κ1) is 14.6. The summed E-state index contributed by atoms with van der Waals surface area (Å²) in [6, 6.07) is 16.2. The lowest BCUT2D eigenvalue weighted by atomic mass is 10.0. The van der Waals surface area contributed by atoms with Crippen LogP contribution in [0.5, 0.6) is 5.75 Å². The summed E-state index contributed by atoms with van der Waals surface area (Å²) in [5.41, 5.74) is 9.90. The van der Waals surface area contributed by atoms with E-state index in [0.29, 0.717) is 0 Å². The summed E-state index contributed by atoms with van der Waals surface area (Å²) in [5, 5.41) is 0. The molecule has 2 atom stereocenters. The van der Waals surface area contributed by atoms with Crippen LogP contribution in [0.4, 0.5) is 0 Å². The van der Waals surface area contributed by atoms with E-state index in [4.69, 9.17) is 10.5 Å². The van der Waals surface area contributed by atoms with Gasteiger partial charge in [-0.15, -0.1) is 0 Å². The molecule has 0 bridgehead atoms. The van der Waals surface area contributed by atoms with Crippen LogP contribution >= 0.6 is 0 Å². The number of nitrogens with two attached hydrogens (primary N) is 1. The molecule has 0 aromatic heterocycles. The molecule has 2 aromatic carbocycles. The average molecular weight is 269 g/mol. The smallest absolute Gasteiger partial charge is 0.122 e. The Hall–Kier alpha value is -1.80. The molecule has 2 rings (SSSR count). The minimum absolute atomic E-state index is 0.0158. The van der Waals surface area contributed by atoms with E-state index in [1.807, 2.05) is 30.3 Å². The van der Waals surface area contributed by atoms with Gasteiger partial charge in [-0.3, -0.25) is 0 Å². The van der Waals surface area contributed by atoms with Crippen LogP contribution in [0.15, 0.2) is 48.5 Å². The molecule has 2 aromatic rings. The average Bonchev–Trinajstić information content (AvgIpc) is 2.49. The zero-order valence-electron chi connectivity index (χ0n) is 12.5. The molecule has 2 N–H and O–H groups in total. The Morgan fingerprint density at radius 2 is 1.70 bits per heavy atom. The van der Waals surface area contributed by atoms with Crippen molar-refractivity contribution in [1.29, 1.82) is 0 Å². The molecular formula is C18H23NO. The lowest BCUT2D eigenvalue weighted by molar-refractivity contribution is 0.165. The number of rotatable bonds is 5. The van der Waals surface area contributed by atoms with Gasteiger partial charge in [0.15, 0.2) is 0 Å². The highest BCUT2D eigenvalue weighted by Crippen LogP contribution is 2.26. The standard InChI is InChI=1S/C18H23NO/c1-4-16(18(19)15-10-6-5-7-11-15)20-17-12-8-9-13(2)14(17)3/h5-12,16,18H,4,19H2,1-3H3. The van der Waals surface area contributed by atoms with E-state index in [1.54, 1.807) is 0 Å². The summed E-state index contributed by atoms with van der Waals surface area (Å²) < 4.78 is 6.17. The molecule has 0 aliphatic carbocycles. The normalized spacial score (nSPS) is 13.8. The van der Waals surface area contributed by atoms with Crippen LogP contribution < -0.4 is 10.5 Å². The lowest BCUT2D eigenvalue weighted by Crippen LogP contribution is -2.31. The fraction of sp³-hybridized carbons (Fsp3) is 0.333.